The first-order chi connectivity index (χ1) is 10.3. The van der Waals surface area contributed by atoms with E-state index in [9.17, 15) is 0 Å². The Kier molecular flexibility index (Phi) is 5.33. The van der Waals surface area contributed by atoms with Crippen LogP contribution in [0.3, 0.4) is 0 Å². The molecule has 0 bridgehead atoms. The number of hydrogen-bond acceptors (Lipinski definition) is 4. The van der Waals surface area contributed by atoms with Crippen molar-refractivity contribution in [1.82, 2.24) is 9.80 Å². The number of likely N-dealkylation sites (tertiary alicyclic amines) is 2. The molecule has 0 saturated carbocycles. The summed E-state index contributed by atoms with van der Waals surface area (Å²) in [5.41, 5.74) is 7.51. The van der Waals surface area contributed by atoms with Gasteiger partial charge in [0.1, 0.15) is 0 Å². The van der Waals surface area contributed by atoms with Gasteiger partial charge >= 0.3 is 0 Å². The number of aryl methyl sites for hydroxylation is 1. The molecule has 2 saturated heterocycles. The number of piperidine rings is 2. The van der Waals surface area contributed by atoms with Crippen molar-refractivity contribution in [3.8, 4) is 0 Å². The summed E-state index contributed by atoms with van der Waals surface area (Å²) in [7, 11) is 0. The Hall–Kier alpha value is -0.420. The van der Waals surface area contributed by atoms with E-state index in [1.165, 1.54) is 68.7 Å². The van der Waals surface area contributed by atoms with Crippen LogP contribution in [0, 0.1) is 6.92 Å². The molecule has 0 radical (unpaired) electrons. The Morgan fingerprint density at radius 1 is 1.19 bits per heavy atom. The minimum atomic E-state index is 0.437. The monoisotopic (exact) mass is 307 g/mol. The second-order valence-electron chi connectivity index (χ2n) is 6.58. The van der Waals surface area contributed by atoms with Crippen molar-refractivity contribution in [2.75, 3.05) is 32.7 Å². The zero-order valence-electron chi connectivity index (χ0n) is 13.3. The van der Waals surface area contributed by atoms with Crippen LogP contribution < -0.4 is 5.73 Å². The van der Waals surface area contributed by atoms with Gasteiger partial charge in [-0.15, -0.1) is 11.3 Å². The molecule has 1 aromatic rings. The van der Waals surface area contributed by atoms with Gasteiger partial charge in [-0.25, -0.2) is 0 Å². The molecule has 3 nitrogen and oxygen atoms in total. The Labute approximate surface area is 133 Å². The van der Waals surface area contributed by atoms with Gasteiger partial charge in [0.05, 0.1) is 6.04 Å². The highest BCUT2D eigenvalue weighted by Gasteiger charge is 2.29. The topological polar surface area (TPSA) is 32.5 Å². The van der Waals surface area contributed by atoms with E-state index in [1.54, 1.807) is 0 Å². The molecule has 1 unspecified atom stereocenters. The SMILES string of the molecule is Cc1ccsc1C(CN)N1CCC(N2CCCCC2)CC1. The summed E-state index contributed by atoms with van der Waals surface area (Å²) in [5.74, 6) is 0. The smallest absolute Gasteiger partial charge is 0.0566 e. The molecule has 2 aliphatic heterocycles. The van der Waals surface area contributed by atoms with Crippen LogP contribution in [-0.4, -0.2) is 48.6 Å². The minimum Gasteiger partial charge on any atom is -0.329 e. The summed E-state index contributed by atoms with van der Waals surface area (Å²) < 4.78 is 0. The van der Waals surface area contributed by atoms with Crippen LogP contribution in [0.25, 0.3) is 0 Å². The molecule has 4 heteroatoms. The Morgan fingerprint density at radius 2 is 1.90 bits per heavy atom. The third kappa shape index (κ3) is 3.50. The zero-order chi connectivity index (χ0) is 14.7. The molecule has 0 aliphatic carbocycles. The minimum absolute atomic E-state index is 0.437. The van der Waals surface area contributed by atoms with E-state index in [1.807, 2.05) is 11.3 Å². The Bertz CT molecular complexity index is 431. The van der Waals surface area contributed by atoms with Crippen molar-refractivity contribution in [1.29, 1.82) is 0 Å². The summed E-state index contributed by atoms with van der Waals surface area (Å²) in [5, 5.41) is 2.20. The number of nitrogens with two attached hydrogens (primary N) is 1. The second-order valence-corrected chi connectivity index (χ2v) is 7.53. The molecule has 3 rings (SSSR count). The van der Waals surface area contributed by atoms with E-state index in [0.717, 1.165) is 12.6 Å². The molecule has 21 heavy (non-hydrogen) atoms. The zero-order valence-corrected chi connectivity index (χ0v) is 14.1. The summed E-state index contributed by atoms with van der Waals surface area (Å²) in [6, 6.07) is 3.49. The van der Waals surface area contributed by atoms with Crippen LogP contribution in [0.4, 0.5) is 0 Å². The molecule has 3 heterocycles. The average molecular weight is 308 g/mol. The normalized spacial score (nSPS) is 24.3. The lowest BCUT2D eigenvalue weighted by atomic mass is 9.98. The van der Waals surface area contributed by atoms with Crippen LogP contribution in [0.2, 0.25) is 0 Å². The number of hydrogen-bond donors (Lipinski definition) is 1. The van der Waals surface area contributed by atoms with Crippen LogP contribution in [-0.2, 0) is 0 Å². The van der Waals surface area contributed by atoms with Crippen LogP contribution >= 0.6 is 11.3 Å². The third-order valence-electron chi connectivity index (χ3n) is 5.27. The highest BCUT2D eigenvalue weighted by atomic mass is 32.1. The average Bonchev–Trinajstić information content (AvgIpc) is 2.96. The Morgan fingerprint density at radius 3 is 2.48 bits per heavy atom. The standard InChI is InChI=1S/C17H29N3S/c1-14-7-12-21-17(14)16(13-18)20-10-5-15(6-11-20)19-8-3-2-4-9-19/h7,12,15-16H,2-6,8-11,13,18H2,1H3. The van der Waals surface area contributed by atoms with E-state index < -0.39 is 0 Å². The first-order valence-electron chi connectivity index (χ1n) is 8.51. The van der Waals surface area contributed by atoms with Gasteiger partial charge in [0, 0.05) is 30.6 Å². The first kappa shape index (κ1) is 15.5. The molecule has 1 aromatic heterocycles. The predicted octanol–water partition coefficient (Wildman–Crippen LogP) is 3.01. The van der Waals surface area contributed by atoms with Gasteiger partial charge in [-0.1, -0.05) is 6.42 Å². The number of rotatable bonds is 4. The highest BCUT2D eigenvalue weighted by molar-refractivity contribution is 7.10. The van der Waals surface area contributed by atoms with E-state index in [4.69, 9.17) is 5.73 Å². The number of nitrogens with zero attached hydrogens (tertiary/aromatic N) is 2. The summed E-state index contributed by atoms with van der Waals surface area (Å²) in [4.78, 5) is 6.85. The van der Waals surface area contributed by atoms with Crippen molar-refractivity contribution in [3.05, 3.63) is 21.9 Å². The predicted molar refractivity (Wildman–Crippen MR) is 90.9 cm³/mol. The molecule has 2 N–H and O–H groups in total. The van der Waals surface area contributed by atoms with Crippen molar-refractivity contribution in [3.63, 3.8) is 0 Å². The van der Waals surface area contributed by atoms with E-state index in [0.29, 0.717) is 6.04 Å². The van der Waals surface area contributed by atoms with Gasteiger partial charge in [-0.2, -0.15) is 0 Å². The van der Waals surface area contributed by atoms with E-state index >= 15 is 0 Å². The molecule has 1 atom stereocenters. The second kappa shape index (κ2) is 7.23. The lowest BCUT2D eigenvalue weighted by molar-refractivity contribution is 0.0742. The largest absolute Gasteiger partial charge is 0.329 e. The fourth-order valence-corrected chi connectivity index (χ4v) is 5.07. The van der Waals surface area contributed by atoms with Crippen molar-refractivity contribution in [2.24, 2.45) is 5.73 Å². The highest BCUT2D eigenvalue weighted by Crippen LogP contribution is 2.31. The fraction of sp³-hybridized carbons (Fsp3) is 0.765. The van der Waals surface area contributed by atoms with Gasteiger partial charge < -0.3 is 10.6 Å². The fourth-order valence-electron chi connectivity index (χ4n) is 3.99. The Balaban J connectivity index is 1.58. The maximum atomic E-state index is 6.10. The molecule has 0 amide bonds. The van der Waals surface area contributed by atoms with Crippen LogP contribution in [0.1, 0.15) is 48.6 Å². The lowest BCUT2D eigenvalue weighted by Gasteiger charge is -2.42. The lowest BCUT2D eigenvalue weighted by Crippen LogP contribution is -2.48. The van der Waals surface area contributed by atoms with Crippen LogP contribution in [0.5, 0.6) is 0 Å². The maximum absolute atomic E-state index is 6.10. The third-order valence-corrected chi connectivity index (χ3v) is 6.39. The van der Waals surface area contributed by atoms with Gasteiger partial charge in [0.2, 0.25) is 0 Å². The van der Waals surface area contributed by atoms with E-state index in [2.05, 4.69) is 28.2 Å². The van der Waals surface area contributed by atoms with Gasteiger partial charge in [0.15, 0.2) is 0 Å². The molecule has 2 fully saturated rings. The molecular formula is C17H29N3S. The maximum Gasteiger partial charge on any atom is 0.0566 e. The molecule has 0 aromatic carbocycles. The van der Waals surface area contributed by atoms with Gasteiger partial charge in [-0.05, 0) is 62.7 Å². The van der Waals surface area contributed by atoms with Crippen molar-refractivity contribution >= 4 is 11.3 Å². The quantitative estimate of drug-likeness (QED) is 0.928. The van der Waals surface area contributed by atoms with Gasteiger partial charge in [-0.3, -0.25) is 4.90 Å². The summed E-state index contributed by atoms with van der Waals surface area (Å²) in [6.45, 7) is 8.04. The number of thiophene rings is 1. The summed E-state index contributed by atoms with van der Waals surface area (Å²) >= 11 is 1.87. The van der Waals surface area contributed by atoms with Crippen LogP contribution in [0.15, 0.2) is 11.4 Å². The van der Waals surface area contributed by atoms with Gasteiger partial charge in [0.25, 0.3) is 0 Å². The molecule has 118 valence electrons. The van der Waals surface area contributed by atoms with Crippen molar-refractivity contribution in [2.45, 2.75) is 51.1 Å². The molecule has 2 aliphatic rings. The summed E-state index contributed by atoms with van der Waals surface area (Å²) in [6.07, 6.45) is 6.88. The molecular weight excluding hydrogens is 278 g/mol. The first-order valence-corrected chi connectivity index (χ1v) is 9.39. The van der Waals surface area contributed by atoms with Crippen molar-refractivity contribution < 1.29 is 0 Å². The van der Waals surface area contributed by atoms with E-state index in [-0.39, 0.29) is 0 Å². The molecule has 0 spiro atoms.